The second kappa shape index (κ2) is 3.96. The highest BCUT2D eigenvalue weighted by atomic mass is 19.4. The summed E-state index contributed by atoms with van der Waals surface area (Å²) in [6.45, 7) is 0. The summed E-state index contributed by atoms with van der Waals surface area (Å²) >= 11 is 0. The number of carboxylic acid groups (broad SMARTS) is 1. The molecular weight excluding hydrogens is 252 g/mol. The molecular formula is C12H10F4O2. The van der Waals surface area contributed by atoms with E-state index in [-0.39, 0.29) is 5.56 Å². The summed E-state index contributed by atoms with van der Waals surface area (Å²) in [6.07, 6.45) is -4.33. The molecule has 1 saturated carbocycles. The molecule has 2 nitrogen and oxygen atoms in total. The molecule has 0 bridgehead atoms. The topological polar surface area (TPSA) is 37.3 Å². The third kappa shape index (κ3) is 2.32. The van der Waals surface area contributed by atoms with Gasteiger partial charge in [-0.2, -0.15) is 13.2 Å². The number of carbonyl (C=O) groups is 1. The van der Waals surface area contributed by atoms with Crippen LogP contribution >= 0.6 is 0 Å². The van der Waals surface area contributed by atoms with Crippen LogP contribution in [0.25, 0.3) is 0 Å². The molecule has 1 N–H and O–H groups in total. The van der Waals surface area contributed by atoms with Crippen molar-refractivity contribution in [2.24, 2.45) is 0 Å². The Bertz CT molecular complexity index is 489. The summed E-state index contributed by atoms with van der Waals surface area (Å²) in [6, 6.07) is 2.22. The number of alkyl halides is 3. The van der Waals surface area contributed by atoms with E-state index < -0.39 is 35.4 Å². The van der Waals surface area contributed by atoms with Gasteiger partial charge in [-0.3, -0.25) is 4.79 Å². The average molecular weight is 262 g/mol. The first-order valence-electron chi connectivity index (χ1n) is 5.34. The molecule has 0 unspecified atom stereocenters. The summed E-state index contributed by atoms with van der Waals surface area (Å²) in [5, 5.41) is 8.74. The maximum Gasteiger partial charge on any atom is 0.416 e. The van der Waals surface area contributed by atoms with Crippen molar-refractivity contribution in [1.82, 2.24) is 0 Å². The van der Waals surface area contributed by atoms with Gasteiger partial charge in [-0.15, -0.1) is 0 Å². The van der Waals surface area contributed by atoms with E-state index in [0.29, 0.717) is 18.9 Å². The van der Waals surface area contributed by atoms with Gasteiger partial charge in [0.25, 0.3) is 0 Å². The molecule has 0 spiro atoms. The highest BCUT2D eigenvalue weighted by Gasteiger charge is 2.50. The summed E-state index contributed by atoms with van der Waals surface area (Å²) in [5.74, 6) is -1.96. The van der Waals surface area contributed by atoms with E-state index in [1.54, 1.807) is 0 Å². The first kappa shape index (κ1) is 12.9. The van der Waals surface area contributed by atoms with Gasteiger partial charge in [0.15, 0.2) is 0 Å². The van der Waals surface area contributed by atoms with Gasteiger partial charge >= 0.3 is 12.1 Å². The summed E-state index contributed by atoms with van der Waals surface area (Å²) in [4.78, 5) is 10.7. The number of carboxylic acids is 1. The molecule has 6 heteroatoms. The van der Waals surface area contributed by atoms with Gasteiger partial charge in [0, 0.05) is 5.41 Å². The molecule has 2 rings (SSSR count). The zero-order valence-electron chi connectivity index (χ0n) is 9.22. The van der Waals surface area contributed by atoms with Crippen molar-refractivity contribution in [2.45, 2.75) is 30.9 Å². The minimum absolute atomic E-state index is 0.239. The lowest BCUT2D eigenvalue weighted by Gasteiger charge is -2.19. The quantitative estimate of drug-likeness (QED) is 0.848. The van der Waals surface area contributed by atoms with Crippen LogP contribution in [0.4, 0.5) is 17.6 Å². The first-order valence-corrected chi connectivity index (χ1v) is 5.34. The Kier molecular flexibility index (Phi) is 2.83. The van der Waals surface area contributed by atoms with Crippen LogP contribution in [0.15, 0.2) is 18.2 Å². The van der Waals surface area contributed by atoms with Crippen molar-refractivity contribution in [1.29, 1.82) is 0 Å². The lowest BCUT2D eigenvalue weighted by molar-refractivity contribution is -0.141. The van der Waals surface area contributed by atoms with E-state index in [4.69, 9.17) is 5.11 Å². The van der Waals surface area contributed by atoms with Crippen molar-refractivity contribution >= 4 is 5.97 Å². The first-order chi connectivity index (χ1) is 8.24. The molecule has 0 saturated heterocycles. The van der Waals surface area contributed by atoms with E-state index in [2.05, 4.69) is 0 Å². The Morgan fingerprint density at radius 2 is 1.94 bits per heavy atom. The van der Waals surface area contributed by atoms with Crippen molar-refractivity contribution in [3.63, 3.8) is 0 Å². The third-order valence-corrected chi connectivity index (χ3v) is 3.20. The fourth-order valence-corrected chi connectivity index (χ4v) is 2.18. The Hall–Kier alpha value is -1.59. The molecule has 0 aromatic heterocycles. The van der Waals surface area contributed by atoms with E-state index in [0.717, 1.165) is 12.1 Å². The lowest BCUT2D eigenvalue weighted by atomic mass is 9.88. The molecule has 18 heavy (non-hydrogen) atoms. The summed E-state index contributed by atoms with van der Waals surface area (Å²) in [7, 11) is 0. The highest BCUT2D eigenvalue weighted by Crippen LogP contribution is 2.54. The second-order valence-corrected chi connectivity index (χ2v) is 4.54. The molecule has 1 fully saturated rings. The standard InChI is InChI=1S/C12H10F4O2/c13-7-1-2-8(12(14,15)16)9(5-7)11(3-4-11)6-10(17)18/h1-2,5H,3-4,6H2,(H,17,18). The van der Waals surface area contributed by atoms with Crippen LogP contribution in [0, 0.1) is 5.82 Å². The molecule has 1 aliphatic carbocycles. The Morgan fingerprint density at radius 1 is 1.33 bits per heavy atom. The molecule has 1 aromatic rings. The molecule has 1 aromatic carbocycles. The second-order valence-electron chi connectivity index (χ2n) is 4.54. The summed E-state index contributed by atoms with van der Waals surface area (Å²) in [5.41, 5.74) is -2.24. The smallest absolute Gasteiger partial charge is 0.416 e. The van der Waals surface area contributed by atoms with Crippen LogP contribution in [-0.2, 0) is 16.4 Å². The lowest BCUT2D eigenvalue weighted by Crippen LogP contribution is -2.19. The van der Waals surface area contributed by atoms with E-state index in [1.165, 1.54) is 0 Å². The normalized spacial score (nSPS) is 17.6. The molecule has 0 atom stereocenters. The summed E-state index contributed by atoms with van der Waals surface area (Å²) < 4.78 is 51.5. The van der Waals surface area contributed by atoms with E-state index in [1.807, 2.05) is 0 Å². The maximum absolute atomic E-state index is 13.1. The van der Waals surface area contributed by atoms with Crippen molar-refractivity contribution in [3.8, 4) is 0 Å². The van der Waals surface area contributed by atoms with Gasteiger partial charge in [-0.1, -0.05) is 0 Å². The van der Waals surface area contributed by atoms with Gasteiger partial charge < -0.3 is 5.11 Å². The van der Waals surface area contributed by atoms with Gasteiger partial charge in [0.2, 0.25) is 0 Å². The van der Waals surface area contributed by atoms with Crippen LogP contribution in [-0.4, -0.2) is 11.1 Å². The fourth-order valence-electron chi connectivity index (χ4n) is 2.18. The van der Waals surface area contributed by atoms with Crippen LogP contribution in [0.3, 0.4) is 0 Å². The van der Waals surface area contributed by atoms with E-state index >= 15 is 0 Å². The Balaban J connectivity index is 2.49. The number of benzene rings is 1. The number of rotatable bonds is 3. The Morgan fingerprint density at radius 3 is 2.39 bits per heavy atom. The van der Waals surface area contributed by atoms with Gasteiger partial charge in [0.05, 0.1) is 12.0 Å². The maximum atomic E-state index is 13.1. The molecule has 0 heterocycles. The number of hydrogen-bond acceptors (Lipinski definition) is 1. The van der Waals surface area contributed by atoms with Gasteiger partial charge in [0.1, 0.15) is 5.82 Å². The zero-order valence-corrected chi connectivity index (χ0v) is 9.22. The SMILES string of the molecule is O=C(O)CC1(c2cc(F)ccc2C(F)(F)F)CC1. The zero-order chi connectivity index (χ0) is 13.6. The van der Waals surface area contributed by atoms with Gasteiger partial charge in [-0.25, -0.2) is 4.39 Å². The largest absolute Gasteiger partial charge is 0.481 e. The monoisotopic (exact) mass is 262 g/mol. The molecule has 1 aliphatic rings. The van der Waals surface area contributed by atoms with Crippen LogP contribution < -0.4 is 0 Å². The van der Waals surface area contributed by atoms with Crippen molar-refractivity contribution in [3.05, 3.63) is 35.1 Å². The molecule has 0 amide bonds. The van der Waals surface area contributed by atoms with Crippen LogP contribution in [0.5, 0.6) is 0 Å². The Labute approximate surface area is 100 Å². The minimum atomic E-state index is -4.60. The fraction of sp³-hybridized carbons (Fsp3) is 0.417. The number of halogens is 4. The van der Waals surface area contributed by atoms with Gasteiger partial charge in [-0.05, 0) is 36.6 Å². The highest BCUT2D eigenvalue weighted by molar-refractivity contribution is 5.70. The predicted octanol–water partition coefficient (Wildman–Crippen LogP) is 3.35. The number of hydrogen-bond donors (Lipinski definition) is 1. The van der Waals surface area contributed by atoms with Crippen molar-refractivity contribution < 1.29 is 27.5 Å². The predicted molar refractivity (Wildman–Crippen MR) is 54.6 cm³/mol. The van der Waals surface area contributed by atoms with Crippen LogP contribution in [0.1, 0.15) is 30.4 Å². The molecule has 98 valence electrons. The third-order valence-electron chi connectivity index (χ3n) is 3.20. The van der Waals surface area contributed by atoms with E-state index in [9.17, 15) is 22.4 Å². The number of aliphatic carboxylic acids is 1. The van der Waals surface area contributed by atoms with Crippen LogP contribution in [0.2, 0.25) is 0 Å². The molecule has 0 radical (unpaired) electrons. The molecule has 0 aliphatic heterocycles. The minimum Gasteiger partial charge on any atom is -0.481 e. The average Bonchev–Trinajstić information content (AvgIpc) is 2.95. The van der Waals surface area contributed by atoms with Crippen molar-refractivity contribution in [2.75, 3.05) is 0 Å².